The third-order valence-corrected chi connectivity index (χ3v) is 2.28. The fraction of sp³-hybridized carbons (Fsp3) is 0.800. The minimum absolute atomic E-state index is 0.0383. The maximum absolute atomic E-state index is 11.3. The summed E-state index contributed by atoms with van der Waals surface area (Å²) in [6, 6.07) is -0.413. The van der Waals surface area contributed by atoms with Crippen LogP contribution in [0.4, 0.5) is 4.79 Å². The van der Waals surface area contributed by atoms with E-state index in [0.29, 0.717) is 12.3 Å². The molecule has 0 saturated carbocycles. The zero-order chi connectivity index (χ0) is 11.6. The van der Waals surface area contributed by atoms with Crippen LogP contribution in [0.3, 0.4) is 0 Å². The van der Waals surface area contributed by atoms with Gasteiger partial charge in [0, 0.05) is 0 Å². The van der Waals surface area contributed by atoms with E-state index in [-0.39, 0.29) is 19.0 Å². The third-order valence-electron chi connectivity index (χ3n) is 2.28. The molecule has 0 aromatic carbocycles. The van der Waals surface area contributed by atoms with Crippen LogP contribution in [0.2, 0.25) is 0 Å². The Balaban J connectivity index is 2.59. The van der Waals surface area contributed by atoms with E-state index in [0.717, 1.165) is 4.90 Å². The van der Waals surface area contributed by atoms with E-state index in [2.05, 4.69) is 5.32 Å². The number of rotatable bonds is 4. The molecule has 1 rings (SSSR count). The fourth-order valence-electron chi connectivity index (χ4n) is 1.90. The molecule has 1 atom stereocenters. The van der Waals surface area contributed by atoms with E-state index in [1.165, 1.54) is 0 Å². The molecular weight excluding hydrogens is 196 g/mol. The monoisotopic (exact) mass is 214 g/mol. The highest BCUT2D eigenvalue weighted by Crippen LogP contribution is 2.18. The summed E-state index contributed by atoms with van der Waals surface area (Å²) in [7, 11) is 0. The van der Waals surface area contributed by atoms with Crippen molar-refractivity contribution < 1.29 is 14.7 Å². The minimum atomic E-state index is -1.01. The number of hydrogen-bond donors (Lipinski definition) is 2. The molecule has 1 heterocycles. The Labute approximate surface area is 89.4 Å². The molecule has 3 amide bonds. The highest BCUT2D eigenvalue weighted by atomic mass is 16.3. The summed E-state index contributed by atoms with van der Waals surface area (Å²) in [4.78, 5) is 23.6. The molecule has 0 bridgehead atoms. The quantitative estimate of drug-likeness (QED) is 0.663. The van der Waals surface area contributed by atoms with Gasteiger partial charge in [-0.25, -0.2) is 4.79 Å². The summed E-state index contributed by atoms with van der Waals surface area (Å²) in [5, 5.41) is 12.4. The van der Waals surface area contributed by atoms with Crippen LogP contribution in [0.5, 0.6) is 0 Å². The number of urea groups is 1. The molecule has 1 saturated heterocycles. The predicted octanol–water partition coefficient (Wildman–Crippen LogP) is 0.335. The Hall–Kier alpha value is -1.10. The Bertz CT molecular complexity index is 258. The maximum Gasteiger partial charge on any atom is 0.324 e. The van der Waals surface area contributed by atoms with E-state index < -0.39 is 11.6 Å². The second-order valence-corrected chi connectivity index (χ2v) is 4.73. The molecule has 0 aliphatic carbocycles. The van der Waals surface area contributed by atoms with Crippen molar-refractivity contribution in [2.24, 2.45) is 5.92 Å². The van der Waals surface area contributed by atoms with Gasteiger partial charge in [0.1, 0.15) is 0 Å². The van der Waals surface area contributed by atoms with Crippen LogP contribution in [0.25, 0.3) is 0 Å². The highest BCUT2D eigenvalue weighted by molar-refractivity contribution is 6.01. The summed E-state index contributed by atoms with van der Waals surface area (Å²) >= 11 is 0. The molecule has 1 fully saturated rings. The molecule has 1 unspecified atom stereocenters. The molecule has 0 radical (unpaired) electrons. The first-order valence-electron chi connectivity index (χ1n) is 5.12. The van der Waals surface area contributed by atoms with Gasteiger partial charge in [-0.2, -0.15) is 0 Å². The van der Waals surface area contributed by atoms with E-state index in [1.807, 2.05) is 13.8 Å². The van der Waals surface area contributed by atoms with Crippen LogP contribution in [0.1, 0.15) is 27.2 Å². The van der Waals surface area contributed by atoms with Crippen molar-refractivity contribution in [2.45, 2.75) is 32.8 Å². The first-order chi connectivity index (χ1) is 6.82. The van der Waals surface area contributed by atoms with Crippen LogP contribution in [-0.2, 0) is 4.79 Å². The van der Waals surface area contributed by atoms with Gasteiger partial charge in [-0.3, -0.25) is 9.69 Å². The van der Waals surface area contributed by atoms with Gasteiger partial charge in [0.05, 0.1) is 18.7 Å². The number of amides is 3. The van der Waals surface area contributed by atoms with Crippen LogP contribution < -0.4 is 5.32 Å². The second kappa shape index (κ2) is 4.18. The topological polar surface area (TPSA) is 69.6 Å². The molecule has 86 valence electrons. The van der Waals surface area contributed by atoms with Crippen molar-refractivity contribution in [3.8, 4) is 0 Å². The lowest BCUT2D eigenvalue weighted by Gasteiger charge is -2.28. The lowest BCUT2D eigenvalue weighted by atomic mass is 9.94. The van der Waals surface area contributed by atoms with Gasteiger partial charge in [0.2, 0.25) is 5.91 Å². The average Bonchev–Trinajstić information content (AvgIpc) is 2.33. The SMILES string of the molecule is CC(C)CC(C)(O)CN1C(=O)CNC1=O. The molecular formula is C10H18N2O3. The molecule has 0 aromatic heterocycles. The number of carbonyl (C=O) groups is 2. The lowest BCUT2D eigenvalue weighted by molar-refractivity contribution is -0.127. The van der Waals surface area contributed by atoms with Crippen LogP contribution in [0, 0.1) is 5.92 Å². The lowest BCUT2D eigenvalue weighted by Crippen LogP contribution is -2.44. The Morgan fingerprint density at radius 3 is 2.53 bits per heavy atom. The maximum atomic E-state index is 11.3. The van der Waals surface area contributed by atoms with Crippen molar-refractivity contribution in [1.29, 1.82) is 0 Å². The number of nitrogens with one attached hydrogen (secondary N) is 1. The third kappa shape index (κ3) is 3.20. The number of β-amino-alcohol motifs (C(OH)–C–C–N with tert-alkyl or cyclic N) is 1. The van der Waals surface area contributed by atoms with Gasteiger partial charge in [0.15, 0.2) is 0 Å². The molecule has 1 aliphatic rings. The zero-order valence-electron chi connectivity index (χ0n) is 9.41. The van der Waals surface area contributed by atoms with Gasteiger partial charge < -0.3 is 10.4 Å². The van der Waals surface area contributed by atoms with Crippen molar-refractivity contribution in [3.05, 3.63) is 0 Å². The molecule has 0 spiro atoms. The summed E-state index contributed by atoms with van der Waals surface area (Å²) in [5.74, 6) is 0.0461. The Kier molecular flexibility index (Phi) is 3.34. The smallest absolute Gasteiger partial charge is 0.324 e. The summed E-state index contributed by atoms with van der Waals surface area (Å²) in [6.45, 7) is 5.72. The molecule has 15 heavy (non-hydrogen) atoms. The van der Waals surface area contributed by atoms with E-state index in [4.69, 9.17) is 0 Å². The second-order valence-electron chi connectivity index (χ2n) is 4.73. The van der Waals surface area contributed by atoms with Gasteiger partial charge in [-0.1, -0.05) is 13.8 Å². The number of nitrogens with zero attached hydrogens (tertiary/aromatic N) is 1. The van der Waals surface area contributed by atoms with Crippen molar-refractivity contribution in [2.75, 3.05) is 13.1 Å². The predicted molar refractivity (Wildman–Crippen MR) is 55.2 cm³/mol. The first kappa shape index (κ1) is 12.0. The van der Waals surface area contributed by atoms with Gasteiger partial charge >= 0.3 is 6.03 Å². The average molecular weight is 214 g/mol. The number of carbonyl (C=O) groups excluding carboxylic acids is 2. The molecule has 5 heteroatoms. The fourth-order valence-corrected chi connectivity index (χ4v) is 1.90. The first-order valence-corrected chi connectivity index (χ1v) is 5.12. The molecule has 0 aromatic rings. The molecule has 2 N–H and O–H groups in total. The highest BCUT2D eigenvalue weighted by Gasteiger charge is 2.34. The molecule has 5 nitrogen and oxygen atoms in total. The minimum Gasteiger partial charge on any atom is -0.388 e. The van der Waals surface area contributed by atoms with Gasteiger partial charge in [-0.05, 0) is 19.3 Å². The zero-order valence-corrected chi connectivity index (χ0v) is 9.41. The number of aliphatic hydroxyl groups is 1. The summed E-state index contributed by atoms with van der Waals surface area (Å²) in [5.41, 5.74) is -1.01. The van der Waals surface area contributed by atoms with E-state index in [1.54, 1.807) is 6.92 Å². The van der Waals surface area contributed by atoms with Crippen LogP contribution in [-0.4, -0.2) is 40.6 Å². The standard InChI is InChI=1S/C10H18N2O3/c1-7(2)4-10(3,15)6-12-8(13)5-11-9(12)14/h7,15H,4-6H2,1-3H3,(H,11,14). The van der Waals surface area contributed by atoms with Gasteiger partial charge in [-0.15, -0.1) is 0 Å². The Morgan fingerprint density at radius 2 is 2.13 bits per heavy atom. The van der Waals surface area contributed by atoms with Crippen molar-refractivity contribution >= 4 is 11.9 Å². The van der Waals surface area contributed by atoms with Crippen LogP contribution in [0.15, 0.2) is 0 Å². The van der Waals surface area contributed by atoms with E-state index >= 15 is 0 Å². The number of imide groups is 1. The van der Waals surface area contributed by atoms with Crippen molar-refractivity contribution in [3.63, 3.8) is 0 Å². The Morgan fingerprint density at radius 1 is 1.53 bits per heavy atom. The van der Waals surface area contributed by atoms with E-state index in [9.17, 15) is 14.7 Å². The largest absolute Gasteiger partial charge is 0.388 e. The summed E-state index contributed by atoms with van der Waals surface area (Å²) < 4.78 is 0. The number of hydrogen-bond acceptors (Lipinski definition) is 3. The summed E-state index contributed by atoms with van der Waals surface area (Å²) in [6.07, 6.45) is 0.560. The van der Waals surface area contributed by atoms with Crippen molar-refractivity contribution in [1.82, 2.24) is 10.2 Å². The van der Waals surface area contributed by atoms with Gasteiger partial charge in [0.25, 0.3) is 0 Å². The normalized spacial score (nSPS) is 20.7. The van der Waals surface area contributed by atoms with Crippen LogP contribution >= 0.6 is 0 Å². The molecule has 1 aliphatic heterocycles.